The molecule has 1 unspecified atom stereocenters. The molecule has 2 rings (SSSR count). The summed E-state index contributed by atoms with van der Waals surface area (Å²) in [7, 11) is 0. The van der Waals surface area contributed by atoms with Crippen molar-refractivity contribution in [3.8, 4) is 0 Å². The Labute approximate surface area is 128 Å². The number of carbonyl (C=O) groups excluding carboxylic acids is 2. The van der Waals surface area contributed by atoms with Gasteiger partial charge in [0.05, 0.1) is 0 Å². The number of carbonyl (C=O) groups is 3. The van der Waals surface area contributed by atoms with Crippen molar-refractivity contribution in [2.45, 2.75) is 44.2 Å². The summed E-state index contributed by atoms with van der Waals surface area (Å²) in [5.74, 6) is -1.68. The molecule has 1 saturated heterocycles. The number of benzene rings is 1. The van der Waals surface area contributed by atoms with Gasteiger partial charge in [0.25, 0.3) is 0 Å². The molecule has 1 heterocycles. The molecule has 6 heteroatoms. The van der Waals surface area contributed by atoms with E-state index in [0.717, 1.165) is 18.4 Å². The fraction of sp³-hybridized carbons (Fsp3) is 0.438. The first-order valence-corrected chi connectivity index (χ1v) is 7.42. The first-order chi connectivity index (χ1) is 10.6. The quantitative estimate of drug-likeness (QED) is 0.751. The van der Waals surface area contributed by atoms with Crippen LogP contribution in [0.15, 0.2) is 30.3 Å². The van der Waals surface area contributed by atoms with Gasteiger partial charge < -0.3 is 15.7 Å². The van der Waals surface area contributed by atoms with E-state index in [-0.39, 0.29) is 12.3 Å². The molecule has 0 spiro atoms. The molecule has 1 aliphatic heterocycles. The average Bonchev–Trinajstić information content (AvgIpc) is 2.72. The Morgan fingerprint density at radius 3 is 2.68 bits per heavy atom. The smallest absolute Gasteiger partial charge is 0.326 e. The first kappa shape index (κ1) is 16.0. The fourth-order valence-electron chi connectivity index (χ4n) is 2.49. The molecule has 118 valence electrons. The summed E-state index contributed by atoms with van der Waals surface area (Å²) in [6.45, 7) is 0. The third-order valence-corrected chi connectivity index (χ3v) is 3.70. The summed E-state index contributed by atoms with van der Waals surface area (Å²) >= 11 is 0. The van der Waals surface area contributed by atoms with E-state index in [9.17, 15) is 19.5 Å². The lowest BCUT2D eigenvalue weighted by atomic mass is 10.0. The fourth-order valence-corrected chi connectivity index (χ4v) is 2.49. The van der Waals surface area contributed by atoms with E-state index in [0.29, 0.717) is 12.8 Å². The Hall–Kier alpha value is -2.37. The molecule has 3 N–H and O–H groups in total. The van der Waals surface area contributed by atoms with Crippen molar-refractivity contribution in [1.82, 2.24) is 10.6 Å². The van der Waals surface area contributed by atoms with Crippen LogP contribution in [0.3, 0.4) is 0 Å². The summed E-state index contributed by atoms with van der Waals surface area (Å²) in [5, 5.41) is 14.5. The molecule has 1 fully saturated rings. The molecule has 22 heavy (non-hydrogen) atoms. The lowest BCUT2D eigenvalue weighted by molar-refractivity contribution is -0.142. The summed E-state index contributed by atoms with van der Waals surface area (Å²) in [4.78, 5) is 35.1. The van der Waals surface area contributed by atoms with E-state index in [1.54, 1.807) is 0 Å². The van der Waals surface area contributed by atoms with Gasteiger partial charge in [0.2, 0.25) is 11.8 Å². The molecule has 2 atom stereocenters. The zero-order valence-corrected chi connectivity index (χ0v) is 12.2. The largest absolute Gasteiger partial charge is 0.480 e. The second-order valence-corrected chi connectivity index (χ2v) is 5.46. The van der Waals surface area contributed by atoms with Crippen molar-refractivity contribution in [2.75, 3.05) is 0 Å². The topological polar surface area (TPSA) is 95.5 Å². The molecule has 6 nitrogen and oxygen atoms in total. The minimum Gasteiger partial charge on any atom is -0.480 e. The highest BCUT2D eigenvalue weighted by Gasteiger charge is 2.27. The molecule has 0 saturated carbocycles. The van der Waals surface area contributed by atoms with Gasteiger partial charge in [-0.25, -0.2) is 4.79 Å². The van der Waals surface area contributed by atoms with Crippen molar-refractivity contribution in [2.24, 2.45) is 0 Å². The summed E-state index contributed by atoms with van der Waals surface area (Å²) in [6, 6.07) is 7.47. The average molecular weight is 304 g/mol. The standard InChI is InChI=1S/C16H20N2O4/c19-14-9-5-4-8-12(17-14)15(20)18-13(16(21)22)10-11-6-2-1-3-7-11/h1-3,6-7,12-13H,4-5,8-10H2,(H,17,19)(H,18,20)(H,21,22)/t12?,13-/m0/s1. The third-order valence-electron chi connectivity index (χ3n) is 3.70. The Balaban J connectivity index is 1.99. The number of nitrogens with one attached hydrogen (secondary N) is 2. The maximum atomic E-state index is 12.2. The normalized spacial score (nSPS) is 19.6. The van der Waals surface area contributed by atoms with Gasteiger partial charge in [-0.2, -0.15) is 0 Å². The number of rotatable bonds is 5. The first-order valence-electron chi connectivity index (χ1n) is 7.42. The minimum atomic E-state index is -1.09. The molecular weight excluding hydrogens is 284 g/mol. The Bertz CT molecular complexity index is 544. The summed E-state index contributed by atoms with van der Waals surface area (Å²) in [5.41, 5.74) is 0.833. The van der Waals surface area contributed by atoms with Crippen LogP contribution in [-0.2, 0) is 20.8 Å². The van der Waals surface area contributed by atoms with Crippen LogP contribution in [0.25, 0.3) is 0 Å². The number of hydrogen-bond donors (Lipinski definition) is 3. The summed E-state index contributed by atoms with van der Waals surface area (Å²) in [6.07, 6.45) is 2.68. The molecule has 2 amide bonds. The predicted molar refractivity (Wildman–Crippen MR) is 80.1 cm³/mol. The highest BCUT2D eigenvalue weighted by Crippen LogP contribution is 2.10. The van der Waals surface area contributed by atoms with Crippen molar-refractivity contribution in [3.63, 3.8) is 0 Å². The lowest BCUT2D eigenvalue weighted by Crippen LogP contribution is -2.51. The maximum absolute atomic E-state index is 12.2. The molecule has 0 aromatic heterocycles. The van der Waals surface area contributed by atoms with Crippen LogP contribution < -0.4 is 10.6 Å². The van der Waals surface area contributed by atoms with Crippen molar-refractivity contribution < 1.29 is 19.5 Å². The zero-order chi connectivity index (χ0) is 15.9. The van der Waals surface area contributed by atoms with E-state index in [2.05, 4.69) is 10.6 Å². The molecule has 0 aliphatic carbocycles. The predicted octanol–water partition coefficient (Wildman–Crippen LogP) is 0.857. The Kier molecular flexibility index (Phi) is 5.52. The van der Waals surface area contributed by atoms with Gasteiger partial charge in [0, 0.05) is 12.8 Å². The van der Waals surface area contributed by atoms with E-state index in [1.807, 2.05) is 30.3 Å². The van der Waals surface area contributed by atoms with Crippen molar-refractivity contribution in [3.05, 3.63) is 35.9 Å². The zero-order valence-electron chi connectivity index (χ0n) is 12.2. The van der Waals surface area contributed by atoms with Gasteiger partial charge in [0.15, 0.2) is 0 Å². The third kappa shape index (κ3) is 4.58. The van der Waals surface area contributed by atoms with Crippen LogP contribution in [0.1, 0.15) is 31.2 Å². The number of amides is 2. The molecule has 0 bridgehead atoms. The van der Waals surface area contributed by atoms with Gasteiger partial charge in [-0.05, 0) is 18.4 Å². The Morgan fingerprint density at radius 2 is 2.00 bits per heavy atom. The van der Waals surface area contributed by atoms with Gasteiger partial charge in [0.1, 0.15) is 12.1 Å². The number of carboxylic acid groups (broad SMARTS) is 1. The summed E-state index contributed by atoms with van der Waals surface area (Å²) < 4.78 is 0. The highest BCUT2D eigenvalue weighted by atomic mass is 16.4. The second kappa shape index (κ2) is 7.59. The molecule has 1 aromatic rings. The van der Waals surface area contributed by atoms with Crippen LogP contribution in [0.2, 0.25) is 0 Å². The van der Waals surface area contributed by atoms with Crippen molar-refractivity contribution >= 4 is 17.8 Å². The van der Waals surface area contributed by atoms with Crippen molar-refractivity contribution in [1.29, 1.82) is 0 Å². The Morgan fingerprint density at radius 1 is 1.27 bits per heavy atom. The number of hydrogen-bond acceptors (Lipinski definition) is 3. The van der Waals surface area contributed by atoms with Crippen LogP contribution in [0, 0.1) is 0 Å². The monoisotopic (exact) mass is 304 g/mol. The molecule has 1 aromatic carbocycles. The van der Waals surface area contributed by atoms with Crippen LogP contribution in [-0.4, -0.2) is 35.0 Å². The molecular formula is C16H20N2O4. The molecule has 0 radical (unpaired) electrons. The highest BCUT2D eigenvalue weighted by molar-refractivity contribution is 5.90. The van der Waals surface area contributed by atoms with Gasteiger partial charge in [-0.15, -0.1) is 0 Å². The second-order valence-electron chi connectivity index (χ2n) is 5.46. The maximum Gasteiger partial charge on any atom is 0.326 e. The van der Waals surface area contributed by atoms with Crippen LogP contribution in [0.5, 0.6) is 0 Å². The van der Waals surface area contributed by atoms with Gasteiger partial charge in [-0.1, -0.05) is 36.8 Å². The van der Waals surface area contributed by atoms with E-state index in [1.165, 1.54) is 0 Å². The number of carboxylic acids is 1. The van der Waals surface area contributed by atoms with Gasteiger partial charge in [-0.3, -0.25) is 9.59 Å². The minimum absolute atomic E-state index is 0.160. The lowest BCUT2D eigenvalue weighted by Gasteiger charge is -2.20. The number of aliphatic carboxylic acids is 1. The molecule has 1 aliphatic rings. The van der Waals surface area contributed by atoms with E-state index >= 15 is 0 Å². The van der Waals surface area contributed by atoms with Crippen LogP contribution >= 0.6 is 0 Å². The SMILES string of the molecule is O=C1CCCCC(C(=O)N[C@@H](Cc2ccccc2)C(=O)O)N1. The van der Waals surface area contributed by atoms with Gasteiger partial charge >= 0.3 is 5.97 Å². The van der Waals surface area contributed by atoms with Crippen LogP contribution in [0.4, 0.5) is 0 Å². The van der Waals surface area contributed by atoms with E-state index in [4.69, 9.17) is 0 Å². The van der Waals surface area contributed by atoms with E-state index < -0.39 is 24.0 Å².